The van der Waals surface area contributed by atoms with Crippen molar-refractivity contribution in [2.24, 2.45) is 0 Å². The molecule has 0 amide bonds. The summed E-state index contributed by atoms with van der Waals surface area (Å²) in [6, 6.07) is 7.16. The van der Waals surface area contributed by atoms with E-state index in [0.29, 0.717) is 11.4 Å². The molecule has 0 radical (unpaired) electrons. The maximum atomic E-state index is 10.4. The molecule has 1 aliphatic rings. The van der Waals surface area contributed by atoms with Crippen molar-refractivity contribution >= 4 is 43.7 Å². The predicted octanol–water partition coefficient (Wildman–Crippen LogP) is 2.43. The van der Waals surface area contributed by atoms with Gasteiger partial charge in [-0.2, -0.15) is 0 Å². The van der Waals surface area contributed by atoms with E-state index in [2.05, 4.69) is 12.1 Å². The number of aromatic hydroxyl groups is 1. The Kier molecular flexibility index (Phi) is 5.65. The maximum absolute atomic E-state index is 10.4. The average Bonchev–Trinajstić information content (AvgIpc) is 3.24. The van der Waals surface area contributed by atoms with Gasteiger partial charge in [0.05, 0.1) is 10.6 Å². The van der Waals surface area contributed by atoms with Crippen molar-refractivity contribution in [1.29, 1.82) is 0 Å². The van der Waals surface area contributed by atoms with Crippen LogP contribution in [-0.2, 0) is 11.2 Å². The smallest absolute Gasteiger partial charge is 0.122 e. The van der Waals surface area contributed by atoms with Crippen LogP contribution in [0.2, 0.25) is 5.02 Å². The van der Waals surface area contributed by atoms with Crippen LogP contribution < -0.4 is 0 Å². The van der Waals surface area contributed by atoms with Crippen LogP contribution in [0.3, 0.4) is 0 Å². The van der Waals surface area contributed by atoms with Crippen molar-refractivity contribution in [3.05, 3.63) is 50.7 Å². The summed E-state index contributed by atoms with van der Waals surface area (Å²) in [5.74, 6) is -0.190. The van der Waals surface area contributed by atoms with E-state index in [0.717, 1.165) is 10.4 Å². The van der Waals surface area contributed by atoms with Gasteiger partial charge in [0, 0.05) is 27.3 Å². The number of rotatable bonds is 4. The summed E-state index contributed by atoms with van der Waals surface area (Å²) in [5.41, 5.74) is 0.981. The second-order valence-electron chi connectivity index (χ2n) is 6.80. The molecular formula is C19H19ClO6S2. The van der Waals surface area contributed by atoms with Gasteiger partial charge in [-0.15, -0.1) is 22.7 Å². The first-order chi connectivity index (χ1) is 13.4. The van der Waals surface area contributed by atoms with Crippen molar-refractivity contribution < 1.29 is 30.3 Å². The Balaban J connectivity index is 1.67. The van der Waals surface area contributed by atoms with Crippen molar-refractivity contribution in [2.45, 2.75) is 36.9 Å². The summed E-state index contributed by atoms with van der Waals surface area (Å²) >= 11 is 9.66. The molecule has 0 aliphatic carbocycles. The Morgan fingerprint density at radius 2 is 1.86 bits per heavy atom. The Bertz CT molecular complexity index is 956. The number of ether oxygens (including phenoxy) is 1. The molecule has 9 heteroatoms. The molecule has 3 heterocycles. The van der Waals surface area contributed by atoms with Crippen LogP contribution in [0.1, 0.15) is 22.1 Å². The molecule has 1 saturated heterocycles. The van der Waals surface area contributed by atoms with E-state index in [9.17, 15) is 25.5 Å². The summed E-state index contributed by atoms with van der Waals surface area (Å²) in [5, 5.41) is 53.7. The van der Waals surface area contributed by atoms with Crippen molar-refractivity contribution in [3.63, 3.8) is 0 Å². The highest BCUT2D eigenvalue weighted by molar-refractivity contribution is 7.37. The van der Waals surface area contributed by atoms with Gasteiger partial charge < -0.3 is 30.3 Å². The topological polar surface area (TPSA) is 110 Å². The molecule has 5 N–H and O–H groups in total. The van der Waals surface area contributed by atoms with Gasteiger partial charge >= 0.3 is 0 Å². The zero-order valence-corrected chi connectivity index (χ0v) is 16.9. The number of hydrogen-bond donors (Lipinski definition) is 5. The Labute approximate surface area is 173 Å². The molecule has 0 saturated carbocycles. The normalized spacial score (nSPS) is 28.1. The fourth-order valence-electron chi connectivity index (χ4n) is 3.44. The van der Waals surface area contributed by atoms with E-state index in [-0.39, 0.29) is 11.3 Å². The van der Waals surface area contributed by atoms with Gasteiger partial charge in [0.2, 0.25) is 0 Å². The highest BCUT2D eigenvalue weighted by Crippen LogP contribution is 2.40. The number of thiophene rings is 2. The molecular weight excluding hydrogens is 424 g/mol. The van der Waals surface area contributed by atoms with Gasteiger partial charge in [0.15, 0.2) is 0 Å². The molecule has 4 rings (SSSR count). The largest absolute Gasteiger partial charge is 0.508 e. The lowest BCUT2D eigenvalue weighted by atomic mass is 9.90. The number of benzene rings is 1. The van der Waals surface area contributed by atoms with Crippen LogP contribution >= 0.6 is 34.3 Å². The van der Waals surface area contributed by atoms with Gasteiger partial charge in [-0.3, -0.25) is 0 Å². The highest BCUT2D eigenvalue weighted by atomic mass is 35.5. The zero-order chi connectivity index (χ0) is 20.0. The molecule has 5 atom stereocenters. The van der Waals surface area contributed by atoms with E-state index in [1.54, 1.807) is 28.7 Å². The van der Waals surface area contributed by atoms with E-state index >= 15 is 0 Å². The van der Waals surface area contributed by atoms with Crippen LogP contribution in [-0.4, -0.2) is 56.6 Å². The first kappa shape index (κ1) is 20.1. The lowest BCUT2D eigenvalue weighted by Crippen LogP contribution is -2.55. The minimum Gasteiger partial charge on any atom is -0.508 e. The molecule has 0 bridgehead atoms. The summed E-state index contributed by atoms with van der Waals surface area (Å²) in [6.07, 6.45) is -6.06. The van der Waals surface area contributed by atoms with E-state index in [4.69, 9.17) is 16.3 Å². The zero-order valence-electron chi connectivity index (χ0n) is 14.5. The summed E-state index contributed by atoms with van der Waals surface area (Å²) < 4.78 is 6.79. The fraction of sp³-hybridized carbons (Fsp3) is 0.368. The lowest BCUT2D eigenvalue weighted by molar-refractivity contribution is -0.232. The average molecular weight is 443 g/mol. The molecule has 6 nitrogen and oxygen atoms in total. The predicted molar refractivity (Wildman–Crippen MR) is 108 cm³/mol. The van der Waals surface area contributed by atoms with Crippen LogP contribution in [0, 0.1) is 0 Å². The van der Waals surface area contributed by atoms with Crippen molar-refractivity contribution in [3.8, 4) is 5.75 Å². The quantitative estimate of drug-likeness (QED) is 0.424. The van der Waals surface area contributed by atoms with Crippen LogP contribution in [0.15, 0.2) is 29.6 Å². The number of aliphatic hydroxyl groups is 4. The van der Waals surface area contributed by atoms with Crippen molar-refractivity contribution in [2.75, 3.05) is 6.61 Å². The van der Waals surface area contributed by atoms with Crippen LogP contribution in [0.5, 0.6) is 5.75 Å². The molecule has 1 fully saturated rings. The molecule has 0 spiro atoms. The van der Waals surface area contributed by atoms with Gasteiger partial charge in [-0.25, -0.2) is 0 Å². The number of fused-ring (bicyclic) bond motifs is 1. The minimum absolute atomic E-state index is 0.190. The van der Waals surface area contributed by atoms with Gasteiger partial charge in [-0.05, 0) is 35.2 Å². The van der Waals surface area contributed by atoms with Gasteiger partial charge in [-0.1, -0.05) is 11.6 Å². The van der Waals surface area contributed by atoms with E-state index < -0.39 is 37.1 Å². The third-order valence-electron chi connectivity index (χ3n) is 4.96. The Hall–Kier alpha value is -1.23. The third-order valence-corrected chi connectivity index (χ3v) is 7.52. The van der Waals surface area contributed by atoms with Crippen LogP contribution in [0.4, 0.5) is 0 Å². The fourth-order valence-corrected chi connectivity index (χ4v) is 5.84. The summed E-state index contributed by atoms with van der Waals surface area (Å²) in [6.45, 7) is -0.533. The molecule has 3 aromatic rings. The Morgan fingerprint density at radius 1 is 1.07 bits per heavy atom. The number of aliphatic hydroxyl groups excluding tert-OH is 4. The SMILES string of the molecule is OC[C@H]1O[C@@H](c2cc(Cc3cc4ccsc4s3)c(Cl)cc2O)[C@H](O)[C@@H](O)[C@@H]1O. The van der Waals surface area contributed by atoms with E-state index in [1.165, 1.54) is 15.5 Å². The number of phenols is 1. The summed E-state index contributed by atoms with van der Waals surface area (Å²) in [4.78, 5) is 1.11. The van der Waals surface area contributed by atoms with Gasteiger partial charge in [0.25, 0.3) is 0 Å². The minimum atomic E-state index is -1.52. The summed E-state index contributed by atoms with van der Waals surface area (Å²) in [7, 11) is 0. The lowest BCUT2D eigenvalue weighted by Gasteiger charge is -2.40. The highest BCUT2D eigenvalue weighted by Gasteiger charge is 2.44. The van der Waals surface area contributed by atoms with Crippen molar-refractivity contribution in [1.82, 2.24) is 0 Å². The third kappa shape index (κ3) is 3.55. The Morgan fingerprint density at radius 3 is 2.57 bits per heavy atom. The first-order valence-electron chi connectivity index (χ1n) is 8.66. The monoisotopic (exact) mass is 442 g/mol. The molecule has 0 unspecified atom stereocenters. The maximum Gasteiger partial charge on any atom is 0.122 e. The number of halogens is 1. The number of phenolic OH excluding ortho intramolecular Hbond substituents is 1. The molecule has 1 aliphatic heterocycles. The molecule has 1 aromatic carbocycles. The first-order valence-corrected chi connectivity index (χ1v) is 10.7. The molecule has 28 heavy (non-hydrogen) atoms. The van der Waals surface area contributed by atoms with E-state index in [1.807, 2.05) is 5.38 Å². The number of hydrogen-bond acceptors (Lipinski definition) is 8. The molecule has 150 valence electrons. The van der Waals surface area contributed by atoms with Gasteiger partial charge in [0.1, 0.15) is 36.3 Å². The standard InChI is InChI=1S/C19H19ClO6S2/c20-12-6-13(22)11(18-17(25)16(24)15(23)14(7-21)26-18)5-9(12)4-10-3-8-1-2-27-19(8)28-10/h1-3,5-6,14-18,21-25H,4,7H2/t14-,15-,16+,17-,18+/m1/s1. The molecule has 2 aromatic heterocycles. The van der Waals surface area contributed by atoms with Crippen LogP contribution in [0.25, 0.3) is 9.40 Å². The second-order valence-corrected chi connectivity index (χ2v) is 9.52. The second kappa shape index (κ2) is 7.89.